The third-order valence-electron chi connectivity index (χ3n) is 6.11. The molecule has 1 amide bonds. The molecule has 3 aliphatic heterocycles. The van der Waals surface area contributed by atoms with Crippen LogP contribution in [0.2, 0.25) is 0 Å². The van der Waals surface area contributed by atoms with E-state index in [1.165, 1.54) is 0 Å². The molecule has 0 spiro atoms. The summed E-state index contributed by atoms with van der Waals surface area (Å²) in [5.74, 6) is -0.247. The van der Waals surface area contributed by atoms with Gasteiger partial charge in [0.2, 0.25) is 0 Å². The number of piperazine rings is 1. The number of cyclic esters (lactones) is 1. The lowest BCUT2D eigenvalue weighted by Crippen LogP contribution is -2.63. The quantitative estimate of drug-likeness (QED) is 0.656. The van der Waals surface area contributed by atoms with Gasteiger partial charge >= 0.3 is 12.1 Å². The second-order valence-corrected chi connectivity index (χ2v) is 9.88. The standard InChI is InChI=1S/C23H32N2O5/c1-15-10-16-11-17(6-7-19(16)20(26)29-15)23(5)14-25-9-8-24(12-18(25)13-28-23)21(27)30-22(2,3)4/h6-7,11,15,18H,8-10,12-14H2,1-5H3. The van der Waals surface area contributed by atoms with Crippen molar-refractivity contribution < 1.29 is 23.8 Å². The highest BCUT2D eigenvalue weighted by molar-refractivity contribution is 5.92. The van der Waals surface area contributed by atoms with Crippen molar-refractivity contribution in [1.82, 2.24) is 9.80 Å². The fourth-order valence-electron chi connectivity index (χ4n) is 4.53. The highest BCUT2D eigenvalue weighted by Gasteiger charge is 2.42. The molecule has 3 heterocycles. The SMILES string of the molecule is CC1Cc2cc(C3(C)CN4CCN(C(=O)OC(C)(C)C)CC4CO3)ccc2C(=O)O1. The molecule has 1 aromatic rings. The first-order valence-electron chi connectivity index (χ1n) is 10.7. The number of esters is 1. The summed E-state index contributed by atoms with van der Waals surface area (Å²) in [4.78, 5) is 28.7. The van der Waals surface area contributed by atoms with Crippen molar-refractivity contribution >= 4 is 12.1 Å². The average Bonchev–Trinajstić information content (AvgIpc) is 2.65. The van der Waals surface area contributed by atoms with Gasteiger partial charge in [-0.3, -0.25) is 4.90 Å². The minimum atomic E-state index is -0.494. The first-order chi connectivity index (χ1) is 14.0. The van der Waals surface area contributed by atoms with Gasteiger partial charge in [0.25, 0.3) is 0 Å². The number of carbonyl (C=O) groups excluding carboxylic acids is 2. The minimum Gasteiger partial charge on any atom is -0.459 e. The molecule has 4 rings (SSSR count). The van der Waals surface area contributed by atoms with Crippen LogP contribution in [0.1, 0.15) is 56.1 Å². The van der Waals surface area contributed by atoms with Crippen molar-refractivity contribution in [2.75, 3.05) is 32.8 Å². The number of hydrogen-bond acceptors (Lipinski definition) is 6. The average molecular weight is 417 g/mol. The molecule has 0 N–H and O–H groups in total. The summed E-state index contributed by atoms with van der Waals surface area (Å²) in [6.45, 7) is 13.0. The van der Waals surface area contributed by atoms with Gasteiger partial charge in [0, 0.05) is 32.6 Å². The van der Waals surface area contributed by atoms with Gasteiger partial charge in [0.15, 0.2) is 0 Å². The molecular weight excluding hydrogens is 384 g/mol. The number of fused-ring (bicyclic) bond motifs is 2. The van der Waals surface area contributed by atoms with Crippen molar-refractivity contribution in [3.05, 3.63) is 34.9 Å². The summed E-state index contributed by atoms with van der Waals surface area (Å²) in [7, 11) is 0. The van der Waals surface area contributed by atoms with Gasteiger partial charge in [0.1, 0.15) is 17.3 Å². The molecule has 3 atom stereocenters. The van der Waals surface area contributed by atoms with Crippen LogP contribution in [-0.2, 0) is 26.2 Å². The van der Waals surface area contributed by atoms with Gasteiger partial charge in [0.05, 0.1) is 18.2 Å². The van der Waals surface area contributed by atoms with E-state index in [1.54, 1.807) is 4.90 Å². The summed E-state index contributed by atoms with van der Waals surface area (Å²) in [6, 6.07) is 6.10. The fourth-order valence-corrected chi connectivity index (χ4v) is 4.53. The summed E-state index contributed by atoms with van der Waals surface area (Å²) < 4.78 is 17.2. The normalized spacial score (nSPS) is 29.6. The lowest BCUT2D eigenvalue weighted by atomic mass is 9.87. The molecule has 0 saturated carbocycles. The Labute approximate surface area is 178 Å². The molecule has 0 aliphatic carbocycles. The lowest BCUT2D eigenvalue weighted by Gasteiger charge is -2.49. The molecular formula is C23H32N2O5. The van der Waals surface area contributed by atoms with Crippen molar-refractivity contribution in [2.24, 2.45) is 0 Å². The van der Waals surface area contributed by atoms with Crippen LogP contribution in [-0.4, -0.2) is 72.4 Å². The van der Waals surface area contributed by atoms with E-state index in [1.807, 2.05) is 39.8 Å². The van der Waals surface area contributed by atoms with E-state index < -0.39 is 11.2 Å². The van der Waals surface area contributed by atoms with E-state index in [-0.39, 0.29) is 24.2 Å². The third-order valence-corrected chi connectivity index (χ3v) is 6.11. The number of carbonyl (C=O) groups is 2. The van der Waals surface area contributed by atoms with E-state index in [0.717, 1.165) is 30.6 Å². The van der Waals surface area contributed by atoms with E-state index in [2.05, 4.69) is 17.9 Å². The van der Waals surface area contributed by atoms with Gasteiger partial charge < -0.3 is 19.1 Å². The van der Waals surface area contributed by atoms with Gasteiger partial charge in [-0.05, 0) is 51.8 Å². The van der Waals surface area contributed by atoms with Gasteiger partial charge in [-0.25, -0.2) is 9.59 Å². The molecule has 7 nitrogen and oxygen atoms in total. The van der Waals surface area contributed by atoms with E-state index >= 15 is 0 Å². The summed E-state index contributed by atoms with van der Waals surface area (Å²) in [5, 5.41) is 0. The maximum Gasteiger partial charge on any atom is 0.410 e. The maximum absolute atomic E-state index is 12.4. The number of nitrogens with zero attached hydrogens (tertiary/aromatic N) is 2. The largest absolute Gasteiger partial charge is 0.459 e. The first kappa shape index (κ1) is 21.1. The number of benzene rings is 1. The number of rotatable bonds is 1. The van der Waals surface area contributed by atoms with Crippen LogP contribution in [0.5, 0.6) is 0 Å². The van der Waals surface area contributed by atoms with Crippen LogP contribution < -0.4 is 0 Å². The van der Waals surface area contributed by atoms with Crippen LogP contribution in [0.15, 0.2) is 18.2 Å². The lowest BCUT2D eigenvalue weighted by molar-refractivity contribution is -0.144. The Morgan fingerprint density at radius 1 is 1.27 bits per heavy atom. The highest BCUT2D eigenvalue weighted by Crippen LogP contribution is 2.35. The zero-order valence-electron chi connectivity index (χ0n) is 18.6. The van der Waals surface area contributed by atoms with Crippen molar-refractivity contribution in [2.45, 2.75) is 64.4 Å². The monoisotopic (exact) mass is 416 g/mol. The predicted molar refractivity (Wildman–Crippen MR) is 111 cm³/mol. The van der Waals surface area contributed by atoms with E-state index in [0.29, 0.717) is 25.3 Å². The number of ether oxygens (including phenoxy) is 3. The Bertz CT molecular complexity index is 848. The molecule has 2 saturated heterocycles. The van der Waals surface area contributed by atoms with Gasteiger partial charge in [-0.2, -0.15) is 0 Å². The van der Waals surface area contributed by atoms with Crippen molar-refractivity contribution in [3.8, 4) is 0 Å². The Morgan fingerprint density at radius 3 is 2.77 bits per heavy atom. The second-order valence-electron chi connectivity index (χ2n) is 9.88. The van der Waals surface area contributed by atoms with Crippen LogP contribution in [0.25, 0.3) is 0 Å². The zero-order chi connectivity index (χ0) is 21.7. The molecule has 0 bridgehead atoms. The molecule has 3 aliphatic rings. The third kappa shape index (κ3) is 4.18. The Kier molecular flexibility index (Phi) is 5.31. The molecule has 30 heavy (non-hydrogen) atoms. The second kappa shape index (κ2) is 7.54. The summed E-state index contributed by atoms with van der Waals surface area (Å²) in [6.07, 6.45) is 0.360. The van der Waals surface area contributed by atoms with Crippen LogP contribution >= 0.6 is 0 Å². The van der Waals surface area contributed by atoms with Crippen LogP contribution in [0.4, 0.5) is 4.79 Å². The minimum absolute atomic E-state index is 0.106. The zero-order valence-corrected chi connectivity index (χ0v) is 18.6. The number of morpholine rings is 1. The molecule has 7 heteroatoms. The smallest absolute Gasteiger partial charge is 0.410 e. The highest BCUT2D eigenvalue weighted by atomic mass is 16.6. The van der Waals surface area contributed by atoms with Gasteiger partial charge in [-0.15, -0.1) is 0 Å². The van der Waals surface area contributed by atoms with Gasteiger partial charge in [-0.1, -0.05) is 12.1 Å². The Morgan fingerprint density at radius 2 is 2.03 bits per heavy atom. The molecule has 0 radical (unpaired) electrons. The fraction of sp³-hybridized carbons (Fsp3) is 0.652. The molecule has 0 aromatic heterocycles. The van der Waals surface area contributed by atoms with Crippen molar-refractivity contribution in [3.63, 3.8) is 0 Å². The number of hydrogen-bond donors (Lipinski definition) is 0. The van der Waals surface area contributed by atoms with Crippen LogP contribution in [0, 0.1) is 0 Å². The summed E-state index contributed by atoms with van der Waals surface area (Å²) >= 11 is 0. The van der Waals surface area contributed by atoms with Crippen molar-refractivity contribution in [1.29, 1.82) is 0 Å². The molecule has 2 fully saturated rings. The maximum atomic E-state index is 12.4. The molecule has 3 unspecified atom stereocenters. The first-order valence-corrected chi connectivity index (χ1v) is 10.7. The molecule has 1 aromatic carbocycles. The van der Waals surface area contributed by atoms with E-state index in [9.17, 15) is 9.59 Å². The predicted octanol–water partition coefficient (Wildman–Crippen LogP) is 2.95. The number of amides is 1. The Hall–Kier alpha value is -2.12. The van der Waals surface area contributed by atoms with E-state index in [4.69, 9.17) is 14.2 Å². The summed E-state index contributed by atoms with van der Waals surface area (Å²) in [5.41, 5.74) is 1.81. The Balaban J connectivity index is 1.45. The molecule has 164 valence electrons. The topological polar surface area (TPSA) is 68.3 Å². The van der Waals surface area contributed by atoms with Crippen LogP contribution in [0.3, 0.4) is 0 Å².